The minimum Gasteiger partial charge on any atom is -0.366 e. The van der Waals surface area contributed by atoms with Crippen LogP contribution in [-0.4, -0.2) is 32.4 Å². The van der Waals surface area contributed by atoms with Crippen LogP contribution >= 0.6 is 0 Å². The summed E-state index contributed by atoms with van der Waals surface area (Å²) in [5, 5.41) is 4.99. The lowest BCUT2D eigenvalue weighted by Gasteiger charge is -2.12. The molecular weight excluding hydrogens is 409 g/mol. The fourth-order valence-corrected chi connectivity index (χ4v) is 2.76. The van der Waals surface area contributed by atoms with Crippen LogP contribution in [0.5, 0.6) is 0 Å². The molecule has 11 heteroatoms. The molecule has 0 aromatic heterocycles. The molecule has 0 aliphatic heterocycles. The molecule has 7 nitrogen and oxygen atoms in total. The van der Waals surface area contributed by atoms with Gasteiger partial charge in [0.15, 0.2) is 5.71 Å². The molecule has 2 aromatic rings. The van der Waals surface area contributed by atoms with Gasteiger partial charge < -0.3 is 5.73 Å². The van der Waals surface area contributed by atoms with E-state index in [4.69, 9.17) is 10.9 Å². The number of nitrogens with two attached hydrogens (primary N) is 2. The molecule has 0 aliphatic rings. The van der Waals surface area contributed by atoms with Gasteiger partial charge in [-0.1, -0.05) is 12.1 Å². The summed E-state index contributed by atoms with van der Waals surface area (Å²) in [6.07, 6.45) is -4.18. The topological polar surface area (TPSA) is 128 Å². The molecule has 0 heterocycles. The van der Waals surface area contributed by atoms with Crippen LogP contribution in [-0.2, 0) is 10.0 Å². The Kier molecular flexibility index (Phi) is 6.55. The number of hydrogen-bond donors (Lipinski definition) is 2. The number of aliphatic imine (C=N–C) groups is 2. The molecule has 0 bridgehead atoms. The Bertz CT molecular complexity index is 1050. The number of alkyl halides is 3. The summed E-state index contributed by atoms with van der Waals surface area (Å²) < 4.78 is 62.5. The van der Waals surface area contributed by atoms with Gasteiger partial charge in [0, 0.05) is 5.56 Å². The Morgan fingerprint density at radius 1 is 1.07 bits per heavy atom. The zero-order valence-electron chi connectivity index (χ0n) is 15.1. The second-order valence-electron chi connectivity index (χ2n) is 5.97. The summed E-state index contributed by atoms with van der Waals surface area (Å²) in [5.74, 6) is -0.666. The number of halogens is 3. The number of amides is 1. The normalized spacial score (nSPS) is 14.2. The summed E-state index contributed by atoms with van der Waals surface area (Å²) in [4.78, 5) is 18.3. The Morgan fingerprint density at radius 3 is 2.07 bits per heavy atom. The van der Waals surface area contributed by atoms with Crippen molar-refractivity contribution in [3.8, 4) is 0 Å². The number of sulfonamides is 1. The first kappa shape index (κ1) is 22.2. The SMILES string of the molecule is CC(/N=C(\C=N\c1ccc(C(N)=O)cc1)C(F)(F)F)c1ccc(S(N)(=O)=O)cc1. The predicted molar refractivity (Wildman–Crippen MR) is 103 cm³/mol. The predicted octanol–water partition coefficient (Wildman–Crippen LogP) is 2.90. The monoisotopic (exact) mass is 426 g/mol. The van der Waals surface area contributed by atoms with E-state index < -0.39 is 33.9 Å². The van der Waals surface area contributed by atoms with E-state index in [2.05, 4.69) is 9.98 Å². The van der Waals surface area contributed by atoms with Gasteiger partial charge in [0.2, 0.25) is 15.9 Å². The zero-order valence-corrected chi connectivity index (χ0v) is 15.9. The lowest BCUT2D eigenvalue weighted by molar-refractivity contribution is -0.0567. The number of primary sulfonamides is 1. The average molecular weight is 426 g/mol. The lowest BCUT2D eigenvalue weighted by atomic mass is 10.1. The van der Waals surface area contributed by atoms with Crippen LogP contribution in [0.1, 0.15) is 28.9 Å². The molecule has 0 fully saturated rings. The molecule has 1 atom stereocenters. The third kappa shape index (κ3) is 6.22. The first-order valence-corrected chi connectivity index (χ1v) is 9.64. The maximum absolute atomic E-state index is 13.3. The highest BCUT2D eigenvalue weighted by Crippen LogP contribution is 2.24. The third-order valence-corrected chi connectivity index (χ3v) is 4.73. The lowest BCUT2D eigenvalue weighted by Crippen LogP contribution is -2.25. The van der Waals surface area contributed by atoms with Crippen LogP contribution in [0.2, 0.25) is 0 Å². The molecule has 1 unspecified atom stereocenters. The van der Waals surface area contributed by atoms with Crippen molar-refractivity contribution in [3.63, 3.8) is 0 Å². The molecule has 154 valence electrons. The highest BCUT2D eigenvalue weighted by Gasteiger charge is 2.35. The maximum atomic E-state index is 13.3. The van der Waals surface area contributed by atoms with E-state index in [-0.39, 0.29) is 16.1 Å². The molecule has 1 amide bonds. The third-order valence-electron chi connectivity index (χ3n) is 3.80. The number of benzene rings is 2. The van der Waals surface area contributed by atoms with Gasteiger partial charge in [-0.05, 0) is 48.9 Å². The summed E-state index contributed by atoms with van der Waals surface area (Å²) in [7, 11) is -3.91. The van der Waals surface area contributed by atoms with Crippen LogP contribution in [0.15, 0.2) is 63.4 Å². The first-order chi connectivity index (χ1) is 13.4. The highest BCUT2D eigenvalue weighted by molar-refractivity contribution is 7.89. The Balaban J connectivity index is 2.29. The minimum atomic E-state index is -4.76. The van der Waals surface area contributed by atoms with Crippen LogP contribution in [0.25, 0.3) is 0 Å². The van der Waals surface area contributed by atoms with Crippen LogP contribution in [0.3, 0.4) is 0 Å². The van der Waals surface area contributed by atoms with Crippen LogP contribution in [0.4, 0.5) is 18.9 Å². The molecule has 2 aromatic carbocycles. The van der Waals surface area contributed by atoms with E-state index in [1.54, 1.807) is 0 Å². The molecule has 2 rings (SSSR count). The van der Waals surface area contributed by atoms with E-state index in [0.29, 0.717) is 11.8 Å². The van der Waals surface area contributed by atoms with Crippen molar-refractivity contribution in [2.24, 2.45) is 20.9 Å². The molecule has 0 radical (unpaired) electrons. The van der Waals surface area contributed by atoms with Gasteiger partial charge in [-0.25, -0.2) is 13.6 Å². The smallest absolute Gasteiger partial charge is 0.366 e. The number of hydrogen-bond acceptors (Lipinski definition) is 5. The average Bonchev–Trinajstić information content (AvgIpc) is 2.63. The number of rotatable bonds is 6. The van der Waals surface area contributed by atoms with E-state index in [0.717, 1.165) is 0 Å². The summed E-state index contributed by atoms with van der Waals surface area (Å²) in [6, 6.07) is 9.51. The fraction of sp³-hybridized carbons (Fsp3) is 0.167. The van der Waals surface area contributed by atoms with Crippen LogP contribution < -0.4 is 10.9 Å². The van der Waals surface area contributed by atoms with E-state index >= 15 is 0 Å². The fourth-order valence-electron chi connectivity index (χ4n) is 2.25. The van der Waals surface area contributed by atoms with Crippen LogP contribution in [0, 0.1) is 0 Å². The van der Waals surface area contributed by atoms with Gasteiger partial charge in [0.25, 0.3) is 0 Å². The van der Waals surface area contributed by atoms with Gasteiger partial charge >= 0.3 is 6.18 Å². The number of carbonyl (C=O) groups excluding carboxylic acids is 1. The quantitative estimate of drug-likeness (QED) is 0.689. The second-order valence-corrected chi connectivity index (χ2v) is 7.53. The van der Waals surface area contributed by atoms with Crippen molar-refractivity contribution in [1.82, 2.24) is 0 Å². The summed E-state index contributed by atoms with van der Waals surface area (Å²) >= 11 is 0. The standard InChI is InChI=1S/C18H17F3N4O3S/c1-11(12-4-8-15(9-5-12)29(23,27)28)25-16(18(19,20)21)10-24-14-6-2-13(3-7-14)17(22)26/h2-11H,1H3,(H2,22,26)(H2,23,27,28)/b24-10+,25-16+. The number of nitrogens with zero attached hydrogens (tertiary/aromatic N) is 2. The molecule has 0 aliphatic carbocycles. The first-order valence-electron chi connectivity index (χ1n) is 8.09. The number of primary amides is 1. The molecule has 0 saturated carbocycles. The second kappa shape index (κ2) is 8.53. The van der Waals surface area contributed by atoms with Crippen molar-refractivity contribution in [2.75, 3.05) is 0 Å². The molecule has 29 heavy (non-hydrogen) atoms. The van der Waals surface area contributed by atoms with Crippen molar-refractivity contribution in [3.05, 3.63) is 59.7 Å². The van der Waals surface area contributed by atoms with Gasteiger partial charge in [-0.3, -0.25) is 14.8 Å². The highest BCUT2D eigenvalue weighted by atomic mass is 32.2. The van der Waals surface area contributed by atoms with Crippen molar-refractivity contribution in [1.29, 1.82) is 0 Å². The molecule has 4 N–H and O–H groups in total. The largest absolute Gasteiger partial charge is 0.434 e. The Labute approximate surface area is 165 Å². The maximum Gasteiger partial charge on any atom is 0.434 e. The minimum absolute atomic E-state index is 0.158. The van der Waals surface area contributed by atoms with Gasteiger partial charge in [-0.15, -0.1) is 0 Å². The van der Waals surface area contributed by atoms with E-state index in [1.165, 1.54) is 55.5 Å². The van der Waals surface area contributed by atoms with E-state index in [1.807, 2.05) is 0 Å². The van der Waals surface area contributed by atoms with Gasteiger partial charge in [0.05, 0.1) is 22.8 Å². The Morgan fingerprint density at radius 2 is 1.62 bits per heavy atom. The molecule has 0 spiro atoms. The summed E-state index contributed by atoms with van der Waals surface area (Å²) in [5.41, 5.74) is 4.61. The van der Waals surface area contributed by atoms with Crippen molar-refractivity contribution < 1.29 is 26.4 Å². The summed E-state index contributed by atoms with van der Waals surface area (Å²) in [6.45, 7) is 1.42. The van der Waals surface area contributed by atoms with Crippen molar-refractivity contribution in [2.45, 2.75) is 24.0 Å². The molecular formula is C18H17F3N4O3S. The number of carbonyl (C=O) groups is 1. The van der Waals surface area contributed by atoms with Crippen molar-refractivity contribution >= 4 is 33.5 Å². The van der Waals surface area contributed by atoms with E-state index in [9.17, 15) is 26.4 Å². The van der Waals surface area contributed by atoms with Gasteiger partial charge in [-0.2, -0.15) is 13.2 Å². The zero-order chi connectivity index (χ0) is 21.8. The Hall–Kier alpha value is -3.05. The van der Waals surface area contributed by atoms with Gasteiger partial charge in [0.1, 0.15) is 0 Å². The molecule has 0 saturated heterocycles.